The Kier molecular flexibility index (Phi) is 12.0. The fourth-order valence-electron chi connectivity index (χ4n) is 3.11. The highest BCUT2D eigenvalue weighted by Crippen LogP contribution is 2.28. The highest BCUT2D eigenvalue weighted by atomic mass is 19.4. The number of carbonyl (C=O) groups excluding carboxylic acids is 1. The zero-order valence-corrected chi connectivity index (χ0v) is 22.1. The minimum atomic E-state index is -4.52. The van der Waals surface area contributed by atoms with Crippen LogP contribution in [-0.2, 0) is 6.18 Å². The molecule has 3 aromatic rings. The topological polar surface area (TPSA) is 86.0 Å². The third-order valence-corrected chi connectivity index (χ3v) is 5.02. The predicted octanol–water partition coefficient (Wildman–Crippen LogP) is 5.67. The van der Waals surface area contributed by atoms with Gasteiger partial charge in [0.1, 0.15) is 6.61 Å². The molecule has 1 aromatic carbocycles. The van der Waals surface area contributed by atoms with Crippen molar-refractivity contribution < 1.29 is 22.7 Å². The molecule has 2 heterocycles. The van der Waals surface area contributed by atoms with Gasteiger partial charge in [0, 0.05) is 18.9 Å². The number of hydrogen-bond donors (Lipinski definition) is 0. The van der Waals surface area contributed by atoms with Gasteiger partial charge in [-0.05, 0) is 51.0 Å². The van der Waals surface area contributed by atoms with Gasteiger partial charge in [0.05, 0.1) is 35.2 Å². The average molecular weight is 509 g/mol. The van der Waals surface area contributed by atoms with E-state index in [2.05, 4.69) is 20.2 Å². The molecule has 8 nitrogen and oxygen atoms in total. The van der Waals surface area contributed by atoms with Gasteiger partial charge in [-0.1, -0.05) is 27.7 Å². The molecule has 0 saturated carbocycles. The van der Waals surface area contributed by atoms with E-state index >= 15 is 0 Å². The van der Waals surface area contributed by atoms with E-state index in [0.717, 1.165) is 11.1 Å². The Morgan fingerprint density at radius 1 is 1.03 bits per heavy atom. The summed E-state index contributed by atoms with van der Waals surface area (Å²) in [6.45, 7) is 15.8. The molecule has 1 atom stereocenters. The van der Waals surface area contributed by atoms with E-state index in [9.17, 15) is 18.0 Å². The predicted molar refractivity (Wildman–Crippen MR) is 132 cm³/mol. The largest absolute Gasteiger partial charge is 0.461 e. The van der Waals surface area contributed by atoms with Crippen molar-refractivity contribution in [2.24, 2.45) is 0 Å². The number of ether oxygens (including phenoxy) is 1. The van der Waals surface area contributed by atoms with E-state index in [1.807, 2.05) is 54.5 Å². The minimum absolute atomic E-state index is 0.00510. The molecule has 0 aliphatic carbocycles. The standard InChI is InChI=1S/C21H23F3N6O2.2C2H6/c1-5-29(15(4)12-32-20-25-10-16(11-26-20)21(22,23)24)19(31)17-8-13(2)14(3)9-18(17)30-27-6-7-28-30;2*1-2/h6-11,15H,5,12H2,1-4H3;2*1-2H3. The molecule has 36 heavy (non-hydrogen) atoms. The molecule has 3 rings (SSSR count). The van der Waals surface area contributed by atoms with Crippen molar-refractivity contribution in [3.8, 4) is 11.7 Å². The highest BCUT2D eigenvalue weighted by molar-refractivity contribution is 5.98. The number of carbonyl (C=O) groups is 1. The molecule has 198 valence electrons. The molecule has 1 unspecified atom stereocenters. The third kappa shape index (κ3) is 7.76. The van der Waals surface area contributed by atoms with Crippen LogP contribution in [0.3, 0.4) is 0 Å². The minimum Gasteiger partial charge on any atom is -0.461 e. The van der Waals surface area contributed by atoms with Crippen LogP contribution in [0, 0.1) is 13.8 Å². The molecule has 0 fully saturated rings. The summed E-state index contributed by atoms with van der Waals surface area (Å²) < 4.78 is 43.4. The molecule has 0 spiro atoms. The number of alkyl halides is 3. The van der Waals surface area contributed by atoms with E-state index in [0.29, 0.717) is 30.2 Å². The number of halogens is 3. The summed E-state index contributed by atoms with van der Waals surface area (Å²) >= 11 is 0. The number of nitrogens with zero attached hydrogens (tertiary/aromatic N) is 6. The second kappa shape index (κ2) is 14.2. The lowest BCUT2D eigenvalue weighted by atomic mass is 10.0. The number of benzene rings is 1. The fourth-order valence-corrected chi connectivity index (χ4v) is 3.11. The van der Waals surface area contributed by atoms with Gasteiger partial charge >= 0.3 is 12.2 Å². The van der Waals surface area contributed by atoms with Crippen molar-refractivity contribution in [3.05, 3.63) is 59.2 Å². The maximum atomic E-state index is 13.4. The first kappa shape index (κ1) is 30.5. The second-order valence-corrected chi connectivity index (χ2v) is 7.28. The van der Waals surface area contributed by atoms with Gasteiger partial charge in [0.2, 0.25) is 0 Å². The molecule has 0 N–H and O–H groups in total. The number of amides is 1. The zero-order valence-electron chi connectivity index (χ0n) is 22.1. The Bertz CT molecular complexity index is 1070. The first-order valence-corrected chi connectivity index (χ1v) is 11.9. The number of rotatable bonds is 7. The molecule has 2 aromatic heterocycles. The van der Waals surface area contributed by atoms with Gasteiger partial charge in [0.25, 0.3) is 5.91 Å². The van der Waals surface area contributed by atoms with Crippen LogP contribution < -0.4 is 4.74 Å². The number of likely N-dealkylation sites (N-methyl/N-ethyl adjacent to an activating group) is 1. The van der Waals surface area contributed by atoms with Crippen molar-refractivity contribution in [1.29, 1.82) is 0 Å². The Hall–Kier alpha value is -3.50. The second-order valence-electron chi connectivity index (χ2n) is 7.28. The summed E-state index contributed by atoms with van der Waals surface area (Å²) in [7, 11) is 0. The van der Waals surface area contributed by atoms with Gasteiger partial charge in [-0.2, -0.15) is 28.2 Å². The summed E-state index contributed by atoms with van der Waals surface area (Å²) in [4.78, 5) is 23.6. The molecule has 0 bridgehead atoms. The zero-order chi connectivity index (χ0) is 27.5. The van der Waals surface area contributed by atoms with Crippen molar-refractivity contribution in [3.63, 3.8) is 0 Å². The molecule has 0 aliphatic heterocycles. The van der Waals surface area contributed by atoms with Gasteiger partial charge in [0.15, 0.2) is 0 Å². The molecule has 0 aliphatic rings. The normalized spacial score (nSPS) is 11.4. The van der Waals surface area contributed by atoms with E-state index in [1.54, 1.807) is 17.9 Å². The smallest absolute Gasteiger partial charge is 0.419 e. The highest BCUT2D eigenvalue weighted by Gasteiger charge is 2.31. The molecular formula is C25H35F3N6O2. The van der Waals surface area contributed by atoms with Crippen LogP contribution in [0.2, 0.25) is 0 Å². The Labute approximate surface area is 210 Å². The molecular weight excluding hydrogens is 473 g/mol. The fraction of sp³-hybridized carbons (Fsp3) is 0.480. The van der Waals surface area contributed by atoms with Crippen molar-refractivity contribution in [1.82, 2.24) is 29.9 Å². The van der Waals surface area contributed by atoms with E-state index in [4.69, 9.17) is 4.74 Å². The molecule has 11 heteroatoms. The SMILES string of the molecule is CC.CC.CCN(C(=O)c1cc(C)c(C)cc1-n1nccn1)C(C)COc1ncc(C(F)(F)F)cn1. The summed E-state index contributed by atoms with van der Waals surface area (Å²) in [5, 5.41) is 8.29. The van der Waals surface area contributed by atoms with Gasteiger partial charge in [-0.3, -0.25) is 4.79 Å². The molecule has 1 amide bonds. The Balaban J connectivity index is 0.00000154. The first-order valence-electron chi connectivity index (χ1n) is 11.9. The van der Waals surface area contributed by atoms with Crippen LogP contribution in [0.25, 0.3) is 5.69 Å². The van der Waals surface area contributed by atoms with E-state index in [-0.39, 0.29) is 18.5 Å². The lowest BCUT2D eigenvalue weighted by Crippen LogP contribution is -2.42. The lowest BCUT2D eigenvalue weighted by molar-refractivity contribution is -0.138. The van der Waals surface area contributed by atoms with E-state index < -0.39 is 17.8 Å². The first-order chi connectivity index (χ1) is 17.1. The van der Waals surface area contributed by atoms with Crippen LogP contribution in [0.1, 0.15) is 68.6 Å². The van der Waals surface area contributed by atoms with Crippen molar-refractivity contribution in [2.45, 2.75) is 67.6 Å². The van der Waals surface area contributed by atoms with Crippen molar-refractivity contribution in [2.75, 3.05) is 13.2 Å². The Morgan fingerprint density at radius 2 is 1.56 bits per heavy atom. The van der Waals surface area contributed by atoms with E-state index in [1.165, 1.54) is 17.2 Å². The average Bonchev–Trinajstić information content (AvgIpc) is 3.41. The van der Waals surface area contributed by atoms with Crippen LogP contribution in [0.15, 0.2) is 36.9 Å². The van der Waals surface area contributed by atoms with Crippen LogP contribution in [0.5, 0.6) is 6.01 Å². The summed E-state index contributed by atoms with van der Waals surface area (Å²) in [5.74, 6) is -0.243. The van der Waals surface area contributed by atoms with Gasteiger partial charge in [-0.25, -0.2) is 9.97 Å². The summed E-state index contributed by atoms with van der Waals surface area (Å²) in [5.41, 5.74) is 1.97. The Morgan fingerprint density at radius 3 is 2.06 bits per heavy atom. The monoisotopic (exact) mass is 508 g/mol. The number of aromatic nitrogens is 5. The van der Waals surface area contributed by atoms with Crippen molar-refractivity contribution >= 4 is 5.91 Å². The van der Waals surface area contributed by atoms with Crippen LogP contribution >= 0.6 is 0 Å². The van der Waals surface area contributed by atoms with Gasteiger partial charge < -0.3 is 9.64 Å². The molecule has 0 radical (unpaired) electrons. The maximum Gasteiger partial charge on any atom is 0.419 e. The lowest BCUT2D eigenvalue weighted by Gasteiger charge is -2.28. The van der Waals surface area contributed by atoms with Crippen LogP contribution in [0.4, 0.5) is 13.2 Å². The maximum absolute atomic E-state index is 13.4. The van der Waals surface area contributed by atoms with Gasteiger partial charge in [-0.15, -0.1) is 0 Å². The number of hydrogen-bond acceptors (Lipinski definition) is 6. The summed E-state index contributed by atoms with van der Waals surface area (Å²) in [6.07, 6.45) is -0.143. The third-order valence-electron chi connectivity index (χ3n) is 5.02. The number of aryl methyl sites for hydroxylation is 2. The quantitative estimate of drug-likeness (QED) is 0.408. The van der Waals surface area contributed by atoms with Crippen LogP contribution in [-0.4, -0.2) is 55.0 Å². The molecule has 0 saturated heterocycles. The summed E-state index contributed by atoms with van der Waals surface area (Å²) in [6, 6.07) is 3.05.